The molecule has 0 amide bonds. The van der Waals surface area contributed by atoms with Crippen LogP contribution in [-0.2, 0) is 0 Å². The molecule has 0 unspecified atom stereocenters. The molecule has 5 heteroatoms. The highest BCUT2D eigenvalue weighted by Gasteiger charge is 2.28. The summed E-state index contributed by atoms with van der Waals surface area (Å²) in [6.07, 6.45) is 2.11. The monoisotopic (exact) mass is 279 g/mol. The van der Waals surface area contributed by atoms with Gasteiger partial charge in [-0.3, -0.25) is 4.79 Å². The van der Waals surface area contributed by atoms with Crippen molar-refractivity contribution in [3.8, 4) is 0 Å². The maximum Gasteiger partial charge on any atom is 0.270 e. The number of nitrogens with one attached hydrogen (secondary N) is 1. The van der Waals surface area contributed by atoms with Crippen molar-refractivity contribution in [2.24, 2.45) is 0 Å². The minimum Gasteiger partial charge on any atom is -0.397 e. The number of fused-ring (bicyclic) bond motifs is 1. The normalized spacial score (nSPS) is 15.6. The van der Waals surface area contributed by atoms with E-state index in [0.29, 0.717) is 28.3 Å². The minimum absolute atomic E-state index is 0.0903. The Hall–Kier alpha value is -1.36. The van der Waals surface area contributed by atoms with Gasteiger partial charge in [0.25, 0.3) is 5.56 Å². The lowest BCUT2D eigenvalue weighted by molar-refractivity contribution is 0.985. The zero-order valence-electron chi connectivity index (χ0n) is 8.46. The molecule has 1 fully saturated rings. The fraction of sp³-hybridized carbons (Fsp3) is 0.273. The van der Waals surface area contributed by atoms with E-state index in [1.807, 2.05) is 6.07 Å². The molecule has 2 aromatic rings. The highest BCUT2D eigenvalue weighted by atomic mass is 79.9. The van der Waals surface area contributed by atoms with Crippen molar-refractivity contribution in [2.75, 3.05) is 5.73 Å². The van der Waals surface area contributed by atoms with E-state index in [1.54, 1.807) is 6.07 Å². The molecule has 0 atom stereocenters. The van der Waals surface area contributed by atoms with Crippen LogP contribution in [0.3, 0.4) is 0 Å². The smallest absolute Gasteiger partial charge is 0.270 e. The number of nitrogens with two attached hydrogens (primary N) is 1. The molecule has 1 aliphatic rings. The number of hydrogen-bond donors (Lipinski definition) is 2. The summed E-state index contributed by atoms with van der Waals surface area (Å²) < 4.78 is 0.842. The van der Waals surface area contributed by atoms with Gasteiger partial charge in [-0.15, -0.1) is 0 Å². The van der Waals surface area contributed by atoms with Gasteiger partial charge in [-0.25, -0.2) is 4.98 Å². The molecule has 4 nitrogen and oxygen atoms in total. The van der Waals surface area contributed by atoms with Crippen LogP contribution in [0, 0.1) is 0 Å². The Morgan fingerprint density at radius 3 is 2.88 bits per heavy atom. The van der Waals surface area contributed by atoms with E-state index in [-0.39, 0.29) is 5.56 Å². The average Bonchev–Trinajstić information content (AvgIpc) is 2.99. The lowest BCUT2D eigenvalue weighted by Crippen LogP contribution is -2.14. The van der Waals surface area contributed by atoms with Gasteiger partial charge in [0.05, 0.1) is 11.2 Å². The summed E-state index contributed by atoms with van der Waals surface area (Å²) in [6, 6.07) is 3.61. The lowest BCUT2D eigenvalue weighted by atomic mass is 10.2. The lowest BCUT2D eigenvalue weighted by Gasteiger charge is -2.04. The van der Waals surface area contributed by atoms with Crippen molar-refractivity contribution in [2.45, 2.75) is 18.8 Å². The van der Waals surface area contributed by atoms with Crippen LogP contribution in [-0.4, -0.2) is 9.97 Å². The van der Waals surface area contributed by atoms with E-state index in [9.17, 15) is 4.79 Å². The van der Waals surface area contributed by atoms with Crippen molar-refractivity contribution in [3.63, 3.8) is 0 Å². The van der Waals surface area contributed by atoms with E-state index in [1.165, 1.54) is 0 Å². The van der Waals surface area contributed by atoms with Crippen LogP contribution in [0.15, 0.2) is 21.4 Å². The Morgan fingerprint density at radius 2 is 2.19 bits per heavy atom. The second kappa shape index (κ2) is 3.31. The molecular weight excluding hydrogens is 270 g/mol. The fourth-order valence-electron chi connectivity index (χ4n) is 1.83. The van der Waals surface area contributed by atoms with E-state index in [0.717, 1.165) is 17.3 Å². The predicted molar refractivity (Wildman–Crippen MR) is 66.5 cm³/mol. The molecule has 1 saturated carbocycles. The Labute approximate surface area is 100 Å². The number of H-pyrrole nitrogens is 1. The van der Waals surface area contributed by atoms with Crippen LogP contribution in [0.5, 0.6) is 0 Å². The van der Waals surface area contributed by atoms with E-state index in [2.05, 4.69) is 25.9 Å². The average molecular weight is 280 g/mol. The van der Waals surface area contributed by atoms with Crippen LogP contribution < -0.4 is 11.3 Å². The number of aromatic nitrogens is 2. The van der Waals surface area contributed by atoms with Crippen LogP contribution in [0.25, 0.3) is 11.0 Å². The van der Waals surface area contributed by atoms with Gasteiger partial charge in [0, 0.05) is 10.4 Å². The second-order valence-corrected chi connectivity index (χ2v) is 5.03. The van der Waals surface area contributed by atoms with Crippen LogP contribution in [0.1, 0.15) is 24.5 Å². The van der Waals surface area contributed by atoms with Crippen molar-refractivity contribution in [3.05, 3.63) is 32.7 Å². The maximum atomic E-state index is 11.8. The van der Waals surface area contributed by atoms with Gasteiger partial charge in [0.1, 0.15) is 11.2 Å². The van der Waals surface area contributed by atoms with Crippen LogP contribution in [0.2, 0.25) is 0 Å². The molecule has 3 rings (SSSR count). The molecule has 82 valence electrons. The third-order valence-electron chi connectivity index (χ3n) is 2.78. The van der Waals surface area contributed by atoms with Crippen LogP contribution >= 0.6 is 15.9 Å². The van der Waals surface area contributed by atoms with Gasteiger partial charge in [-0.2, -0.15) is 0 Å². The number of halogens is 1. The topological polar surface area (TPSA) is 71.8 Å². The molecule has 0 bridgehead atoms. The Kier molecular flexibility index (Phi) is 2.04. The minimum atomic E-state index is -0.0903. The maximum absolute atomic E-state index is 11.8. The molecule has 1 aliphatic carbocycles. The first-order valence-corrected chi connectivity index (χ1v) is 5.93. The summed E-state index contributed by atoms with van der Waals surface area (Å²) in [5, 5.41) is 0. The number of nitrogens with zero attached hydrogens (tertiary/aromatic N) is 1. The second-order valence-electron chi connectivity index (χ2n) is 4.12. The molecule has 16 heavy (non-hydrogen) atoms. The van der Waals surface area contributed by atoms with Gasteiger partial charge in [-0.05, 0) is 25.0 Å². The Bertz CT molecular complexity index is 631. The number of hydrogen-bond acceptors (Lipinski definition) is 3. The number of nitrogen functional groups attached to an aromatic ring is 1. The number of rotatable bonds is 1. The van der Waals surface area contributed by atoms with Gasteiger partial charge in [0.15, 0.2) is 0 Å². The summed E-state index contributed by atoms with van der Waals surface area (Å²) in [5.41, 5.74) is 8.37. The number of aromatic amines is 1. The van der Waals surface area contributed by atoms with Gasteiger partial charge >= 0.3 is 0 Å². The highest BCUT2D eigenvalue weighted by molar-refractivity contribution is 9.10. The van der Waals surface area contributed by atoms with E-state index >= 15 is 0 Å². The van der Waals surface area contributed by atoms with Crippen molar-refractivity contribution < 1.29 is 0 Å². The molecule has 3 N–H and O–H groups in total. The standard InChI is InChI=1S/C11H10BrN3O/c12-6-3-7(13)10-8(4-6)14-11(16)9(15-10)5-1-2-5/h3-5H,1-2,13H2,(H,14,16). The summed E-state index contributed by atoms with van der Waals surface area (Å²) in [4.78, 5) is 19.0. The Morgan fingerprint density at radius 1 is 1.44 bits per heavy atom. The number of anilines is 1. The predicted octanol–water partition coefficient (Wildman–Crippen LogP) is 2.15. The largest absolute Gasteiger partial charge is 0.397 e. The summed E-state index contributed by atoms with van der Waals surface area (Å²) in [7, 11) is 0. The first-order valence-electron chi connectivity index (χ1n) is 5.14. The first kappa shape index (κ1) is 9.84. The van der Waals surface area contributed by atoms with Gasteiger partial charge in [0.2, 0.25) is 0 Å². The van der Waals surface area contributed by atoms with Crippen molar-refractivity contribution in [1.29, 1.82) is 0 Å². The molecule has 0 radical (unpaired) electrons. The zero-order valence-corrected chi connectivity index (χ0v) is 10.0. The molecule has 0 spiro atoms. The summed E-state index contributed by atoms with van der Waals surface area (Å²) in [5.74, 6) is 0.330. The van der Waals surface area contributed by atoms with Crippen LogP contribution in [0.4, 0.5) is 5.69 Å². The molecule has 0 saturated heterocycles. The van der Waals surface area contributed by atoms with Crippen molar-refractivity contribution in [1.82, 2.24) is 9.97 Å². The Balaban J connectivity index is 2.35. The number of benzene rings is 1. The molecular formula is C11H10BrN3O. The molecule has 0 aliphatic heterocycles. The zero-order chi connectivity index (χ0) is 11.3. The van der Waals surface area contributed by atoms with E-state index < -0.39 is 0 Å². The molecule has 1 aromatic carbocycles. The highest BCUT2D eigenvalue weighted by Crippen LogP contribution is 2.38. The SMILES string of the molecule is Nc1cc(Br)cc2[nH]c(=O)c(C3CC3)nc12. The third-order valence-corrected chi connectivity index (χ3v) is 3.24. The van der Waals surface area contributed by atoms with E-state index in [4.69, 9.17) is 5.73 Å². The fourth-order valence-corrected chi connectivity index (χ4v) is 2.31. The summed E-state index contributed by atoms with van der Waals surface area (Å²) in [6.45, 7) is 0. The van der Waals surface area contributed by atoms with Gasteiger partial charge in [-0.1, -0.05) is 15.9 Å². The van der Waals surface area contributed by atoms with Gasteiger partial charge < -0.3 is 10.7 Å². The first-order chi connectivity index (χ1) is 7.65. The third kappa shape index (κ3) is 1.51. The summed E-state index contributed by atoms with van der Waals surface area (Å²) >= 11 is 3.34. The molecule has 1 aromatic heterocycles. The quantitative estimate of drug-likeness (QED) is 0.786. The molecule has 1 heterocycles. The van der Waals surface area contributed by atoms with Crippen molar-refractivity contribution >= 4 is 32.7 Å².